The van der Waals surface area contributed by atoms with Gasteiger partial charge in [-0.25, -0.2) is 0 Å². The van der Waals surface area contributed by atoms with Gasteiger partial charge in [0.2, 0.25) is 5.88 Å². The number of amides is 1. The van der Waals surface area contributed by atoms with Crippen molar-refractivity contribution in [1.29, 1.82) is 0 Å². The lowest BCUT2D eigenvalue weighted by atomic mass is 9.92. The molecule has 5 nitrogen and oxygen atoms in total. The number of allylic oxidation sites excluding steroid dienone is 2. The minimum absolute atomic E-state index is 0.0193. The van der Waals surface area contributed by atoms with E-state index in [9.17, 15) is 9.90 Å². The predicted molar refractivity (Wildman–Crippen MR) is 102 cm³/mol. The molecule has 1 N–H and O–H groups in total. The second kappa shape index (κ2) is 5.66. The Labute approximate surface area is 151 Å². The summed E-state index contributed by atoms with van der Waals surface area (Å²) >= 11 is 0. The molecule has 130 valence electrons. The third-order valence-electron chi connectivity index (χ3n) is 4.77. The van der Waals surface area contributed by atoms with Gasteiger partial charge in [-0.05, 0) is 38.5 Å². The van der Waals surface area contributed by atoms with Crippen molar-refractivity contribution < 1.29 is 9.90 Å². The number of benzene rings is 2. The lowest BCUT2D eigenvalue weighted by Gasteiger charge is -2.30. The molecule has 26 heavy (non-hydrogen) atoms. The molecule has 0 saturated heterocycles. The number of aromatic nitrogens is 1. The number of azo groups is 1. The van der Waals surface area contributed by atoms with Crippen LogP contribution in [-0.2, 0) is 5.54 Å². The largest absolute Gasteiger partial charge is 0.493 e. The second-order valence-corrected chi connectivity index (χ2v) is 7.06. The van der Waals surface area contributed by atoms with Crippen molar-refractivity contribution in [3.8, 4) is 5.88 Å². The Kier molecular flexibility index (Phi) is 3.54. The van der Waals surface area contributed by atoms with Crippen molar-refractivity contribution in [1.82, 2.24) is 4.57 Å². The molecule has 1 aliphatic heterocycles. The van der Waals surface area contributed by atoms with Gasteiger partial charge in [-0.15, -0.1) is 10.2 Å². The molecular weight excluding hydrogens is 326 g/mol. The van der Waals surface area contributed by atoms with Crippen molar-refractivity contribution in [3.05, 3.63) is 65.7 Å². The zero-order chi connectivity index (χ0) is 18.5. The fourth-order valence-corrected chi connectivity index (χ4v) is 3.69. The minimum atomic E-state index is -0.439. The molecule has 1 aliphatic rings. The van der Waals surface area contributed by atoms with Gasteiger partial charge in [0.1, 0.15) is 0 Å². The van der Waals surface area contributed by atoms with Crippen LogP contribution in [0.25, 0.3) is 16.5 Å². The van der Waals surface area contributed by atoms with Crippen molar-refractivity contribution in [2.45, 2.75) is 26.3 Å². The smallest absolute Gasteiger partial charge is 0.295 e. The van der Waals surface area contributed by atoms with E-state index in [2.05, 4.69) is 23.2 Å². The van der Waals surface area contributed by atoms with Crippen LogP contribution in [0.1, 0.15) is 36.7 Å². The molecule has 0 bridgehead atoms. The number of nitrogens with zero attached hydrogens (tertiary/aromatic N) is 3. The van der Waals surface area contributed by atoms with E-state index in [0.717, 1.165) is 22.0 Å². The zero-order valence-corrected chi connectivity index (χ0v) is 14.9. The topological polar surface area (TPSA) is 66.9 Å². The molecule has 5 heteroatoms. The molecule has 1 aromatic heterocycles. The molecule has 4 rings (SSSR count). The summed E-state index contributed by atoms with van der Waals surface area (Å²) in [4.78, 5) is 12.2. The summed E-state index contributed by atoms with van der Waals surface area (Å²) in [5.74, 6) is -0.420. The minimum Gasteiger partial charge on any atom is -0.493 e. The van der Waals surface area contributed by atoms with Crippen LogP contribution in [0.2, 0.25) is 0 Å². The molecule has 2 aromatic carbocycles. The summed E-state index contributed by atoms with van der Waals surface area (Å²) < 4.78 is 1.85. The number of hydrogen-bond donors (Lipinski definition) is 1. The van der Waals surface area contributed by atoms with Crippen molar-refractivity contribution in [2.75, 3.05) is 0 Å². The Bertz CT molecular complexity index is 1090. The number of carbonyl (C=O) groups is 1. The molecule has 0 unspecified atom stereocenters. The van der Waals surface area contributed by atoms with Crippen LogP contribution in [-0.4, -0.2) is 15.6 Å². The highest BCUT2D eigenvalue weighted by atomic mass is 16.3. The number of para-hydroxylation sites is 1. The molecule has 0 saturated carbocycles. The van der Waals surface area contributed by atoms with Crippen LogP contribution in [0.4, 0.5) is 5.69 Å². The van der Waals surface area contributed by atoms with Crippen molar-refractivity contribution in [3.63, 3.8) is 0 Å². The summed E-state index contributed by atoms with van der Waals surface area (Å²) in [5, 5.41) is 19.6. The first-order valence-corrected chi connectivity index (χ1v) is 8.48. The maximum absolute atomic E-state index is 12.2. The van der Waals surface area contributed by atoms with E-state index in [1.54, 1.807) is 24.3 Å². The lowest BCUT2D eigenvalue weighted by Crippen LogP contribution is -2.26. The Balaban J connectivity index is 1.88. The van der Waals surface area contributed by atoms with Crippen LogP contribution in [0, 0.1) is 0 Å². The van der Waals surface area contributed by atoms with E-state index in [1.165, 1.54) is 0 Å². The van der Waals surface area contributed by atoms with Crippen LogP contribution in [0.5, 0.6) is 5.88 Å². The molecule has 0 aliphatic carbocycles. The van der Waals surface area contributed by atoms with Crippen LogP contribution in [0.3, 0.4) is 0 Å². The molecule has 0 spiro atoms. The quantitative estimate of drug-likeness (QED) is 0.630. The fourth-order valence-electron chi connectivity index (χ4n) is 3.69. The fraction of sp³-hybridized carbons (Fsp3) is 0.190. The van der Waals surface area contributed by atoms with Crippen molar-refractivity contribution in [2.24, 2.45) is 10.2 Å². The van der Waals surface area contributed by atoms with Gasteiger partial charge in [-0.3, -0.25) is 4.79 Å². The van der Waals surface area contributed by atoms with Gasteiger partial charge in [-0.2, -0.15) is 0 Å². The maximum atomic E-state index is 12.2. The van der Waals surface area contributed by atoms with Gasteiger partial charge >= 0.3 is 0 Å². The first-order chi connectivity index (χ1) is 12.4. The molecule has 3 aromatic rings. The van der Waals surface area contributed by atoms with Gasteiger partial charge in [0.25, 0.3) is 5.91 Å². The van der Waals surface area contributed by atoms with E-state index in [0.29, 0.717) is 11.3 Å². The van der Waals surface area contributed by atoms with Crippen LogP contribution >= 0.6 is 0 Å². The highest BCUT2D eigenvalue weighted by Crippen LogP contribution is 2.48. The third kappa shape index (κ3) is 2.36. The van der Waals surface area contributed by atoms with Crippen LogP contribution < -0.4 is 0 Å². The maximum Gasteiger partial charge on any atom is 0.295 e. The monoisotopic (exact) mass is 345 g/mol. The second-order valence-electron chi connectivity index (χ2n) is 7.06. The summed E-state index contributed by atoms with van der Waals surface area (Å²) in [5.41, 5.74) is 3.49. The normalized spacial score (nSPS) is 15.4. The van der Waals surface area contributed by atoms with Gasteiger partial charge in [-0.1, -0.05) is 42.5 Å². The van der Waals surface area contributed by atoms with E-state index < -0.39 is 11.4 Å². The van der Waals surface area contributed by atoms with Gasteiger partial charge < -0.3 is 9.67 Å². The predicted octanol–water partition coefficient (Wildman–Crippen LogP) is 5.42. The number of rotatable bonds is 2. The summed E-state index contributed by atoms with van der Waals surface area (Å²) in [7, 11) is 0. The van der Waals surface area contributed by atoms with E-state index >= 15 is 0 Å². The molecule has 0 radical (unpaired) electrons. The van der Waals surface area contributed by atoms with Gasteiger partial charge in [0.05, 0.1) is 11.1 Å². The number of aromatic hydroxyl groups is 1. The van der Waals surface area contributed by atoms with E-state index in [-0.39, 0.29) is 5.88 Å². The Morgan fingerprint density at radius 3 is 2.54 bits per heavy atom. The highest BCUT2D eigenvalue weighted by Gasteiger charge is 2.32. The molecule has 0 atom stereocenters. The number of carbonyl (C=O) groups excluding carboxylic acids is 1. The standard InChI is InChI=1S/C21H19N3O2/c1-13-12-21(2,3)24-18-15(13)10-7-11-16(18)17(20(24)26)22-23-19(25)14-8-5-4-6-9-14/h4-12,26H,1-3H3. The first kappa shape index (κ1) is 16.3. The molecule has 0 fully saturated rings. The van der Waals surface area contributed by atoms with Gasteiger partial charge in [0, 0.05) is 16.5 Å². The third-order valence-corrected chi connectivity index (χ3v) is 4.77. The van der Waals surface area contributed by atoms with E-state index in [1.807, 2.05) is 42.7 Å². The van der Waals surface area contributed by atoms with Crippen LogP contribution in [0.15, 0.2) is 64.8 Å². The summed E-state index contributed by atoms with van der Waals surface area (Å²) in [6, 6.07) is 14.6. The van der Waals surface area contributed by atoms with Gasteiger partial charge in [0.15, 0.2) is 5.69 Å². The average molecular weight is 345 g/mol. The summed E-state index contributed by atoms with van der Waals surface area (Å²) in [6.07, 6.45) is 2.12. The Morgan fingerprint density at radius 1 is 1.08 bits per heavy atom. The zero-order valence-electron chi connectivity index (χ0n) is 14.9. The lowest BCUT2D eigenvalue weighted by molar-refractivity contribution is 0.0995. The Morgan fingerprint density at radius 2 is 1.81 bits per heavy atom. The Hall–Kier alpha value is -3.21. The number of hydrogen-bond acceptors (Lipinski definition) is 3. The summed E-state index contributed by atoms with van der Waals surface area (Å²) in [6.45, 7) is 6.12. The molecule has 1 amide bonds. The SMILES string of the molecule is CC1=CC(C)(C)n2c(O)c(N=NC(=O)c3ccccc3)c3cccc1c32. The van der Waals surface area contributed by atoms with Crippen molar-refractivity contribution >= 4 is 28.1 Å². The average Bonchev–Trinajstić information content (AvgIpc) is 2.91. The van der Waals surface area contributed by atoms with E-state index in [4.69, 9.17) is 0 Å². The molecular formula is C21H19N3O2. The highest BCUT2D eigenvalue weighted by molar-refractivity contribution is 6.03. The first-order valence-electron chi connectivity index (χ1n) is 8.48. The molecule has 2 heterocycles.